The SMILES string of the molecule is COc1ccc(CN=C(NCCc2cccc(F)c2)NCc2nnc(C)n2C)cc1. The normalized spacial score (nSPS) is 11.4. The van der Waals surface area contributed by atoms with Crippen molar-refractivity contribution in [3.63, 3.8) is 0 Å². The van der Waals surface area contributed by atoms with E-state index in [1.165, 1.54) is 6.07 Å². The number of aromatic nitrogens is 3. The number of ether oxygens (including phenoxy) is 1. The minimum Gasteiger partial charge on any atom is -0.497 e. The number of aliphatic imine (C=N–C) groups is 1. The molecule has 2 aromatic carbocycles. The molecular weight excluding hydrogens is 383 g/mol. The molecule has 1 aromatic heterocycles. The molecular formula is C22H27FN6O. The molecule has 2 N–H and O–H groups in total. The predicted molar refractivity (Wildman–Crippen MR) is 115 cm³/mol. The average Bonchev–Trinajstić information content (AvgIpc) is 3.08. The minimum atomic E-state index is -0.225. The van der Waals surface area contributed by atoms with Crippen LogP contribution in [0.25, 0.3) is 0 Å². The number of nitrogens with one attached hydrogen (secondary N) is 2. The van der Waals surface area contributed by atoms with Gasteiger partial charge in [0.2, 0.25) is 0 Å². The monoisotopic (exact) mass is 410 g/mol. The Morgan fingerprint density at radius 2 is 1.90 bits per heavy atom. The van der Waals surface area contributed by atoms with Gasteiger partial charge in [0.25, 0.3) is 0 Å². The summed E-state index contributed by atoms with van der Waals surface area (Å²) in [6.45, 7) is 3.53. The summed E-state index contributed by atoms with van der Waals surface area (Å²) in [5, 5.41) is 14.9. The number of hydrogen-bond acceptors (Lipinski definition) is 4. The molecule has 0 spiro atoms. The van der Waals surface area contributed by atoms with Crippen LogP contribution in [0.1, 0.15) is 22.8 Å². The summed E-state index contributed by atoms with van der Waals surface area (Å²) in [6, 6.07) is 14.4. The van der Waals surface area contributed by atoms with Gasteiger partial charge in [0.1, 0.15) is 17.4 Å². The smallest absolute Gasteiger partial charge is 0.191 e. The Hall–Kier alpha value is -3.42. The Morgan fingerprint density at radius 1 is 1.10 bits per heavy atom. The highest BCUT2D eigenvalue weighted by Crippen LogP contribution is 2.12. The van der Waals surface area contributed by atoms with E-state index in [4.69, 9.17) is 4.74 Å². The van der Waals surface area contributed by atoms with Crippen LogP contribution in [0.4, 0.5) is 4.39 Å². The van der Waals surface area contributed by atoms with Crippen LogP contribution in [0.3, 0.4) is 0 Å². The Morgan fingerprint density at radius 3 is 2.57 bits per heavy atom. The largest absolute Gasteiger partial charge is 0.497 e. The third-order valence-corrected chi connectivity index (χ3v) is 4.77. The summed E-state index contributed by atoms with van der Waals surface area (Å²) in [6.07, 6.45) is 0.685. The van der Waals surface area contributed by atoms with Crippen LogP contribution < -0.4 is 15.4 Å². The fourth-order valence-corrected chi connectivity index (χ4v) is 2.86. The number of guanidine groups is 1. The van der Waals surface area contributed by atoms with Gasteiger partial charge >= 0.3 is 0 Å². The van der Waals surface area contributed by atoms with Gasteiger partial charge in [-0.3, -0.25) is 0 Å². The van der Waals surface area contributed by atoms with Crippen molar-refractivity contribution in [3.05, 3.63) is 77.1 Å². The molecule has 0 aliphatic heterocycles. The van der Waals surface area contributed by atoms with E-state index in [2.05, 4.69) is 25.8 Å². The van der Waals surface area contributed by atoms with E-state index in [-0.39, 0.29) is 5.82 Å². The molecule has 0 radical (unpaired) electrons. The maximum absolute atomic E-state index is 13.4. The highest BCUT2D eigenvalue weighted by molar-refractivity contribution is 5.79. The number of benzene rings is 2. The van der Waals surface area contributed by atoms with Crippen molar-refractivity contribution < 1.29 is 9.13 Å². The molecule has 0 atom stereocenters. The van der Waals surface area contributed by atoms with E-state index in [9.17, 15) is 4.39 Å². The molecule has 0 unspecified atom stereocenters. The summed E-state index contributed by atoms with van der Waals surface area (Å²) < 4.78 is 20.5. The molecule has 30 heavy (non-hydrogen) atoms. The lowest BCUT2D eigenvalue weighted by molar-refractivity contribution is 0.414. The zero-order valence-corrected chi connectivity index (χ0v) is 17.5. The van der Waals surface area contributed by atoms with E-state index < -0.39 is 0 Å². The molecule has 3 rings (SSSR count). The Bertz CT molecular complexity index is 984. The van der Waals surface area contributed by atoms with Gasteiger partial charge < -0.3 is 19.9 Å². The fourth-order valence-electron chi connectivity index (χ4n) is 2.86. The minimum absolute atomic E-state index is 0.225. The number of rotatable bonds is 8. The van der Waals surface area contributed by atoms with Crippen molar-refractivity contribution in [2.75, 3.05) is 13.7 Å². The van der Waals surface area contributed by atoms with Crippen LogP contribution >= 0.6 is 0 Å². The third-order valence-electron chi connectivity index (χ3n) is 4.77. The topological polar surface area (TPSA) is 76.4 Å². The standard InChI is InChI=1S/C22H27FN6O/c1-16-27-28-21(29(16)2)15-26-22(24-12-11-17-5-4-6-19(23)13-17)25-14-18-7-9-20(30-3)10-8-18/h4-10,13H,11-12,14-15H2,1-3H3,(H2,24,25,26). The van der Waals surface area contributed by atoms with Crippen LogP contribution in [0.5, 0.6) is 5.75 Å². The number of nitrogens with zero attached hydrogens (tertiary/aromatic N) is 4. The summed E-state index contributed by atoms with van der Waals surface area (Å²) >= 11 is 0. The quantitative estimate of drug-likeness (QED) is 0.441. The zero-order valence-electron chi connectivity index (χ0n) is 17.5. The molecule has 0 aliphatic carbocycles. The first-order valence-corrected chi connectivity index (χ1v) is 9.79. The van der Waals surface area contributed by atoms with E-state index in [0.717, 1.165) is 28.5 Å². The molecule has 7 nitrogen and oxygen atoms in total. The second kappa shape index (κ2) is 10.4. The number of methoxy groups -OCH3 is 1. The molecule has 0 fully saturated rings. The van der Waals surface area contributed by atoms with Gasteiger partial charge in [0, 0.05) is 13.6 Å². The molecule has 0 bridgehead atoms. The van der Waals surface area contributed by atoms with Crippen LogP contribution in [0.2, 0.25) is 0 Å². The summed E-state index contributed by atoms with van der Waals surface area (Å²) in [4.78, 5) is 4.67. The van der Waals surface area contributed by atoms with Gasteiger partial charge in [0.05, 0.1) is 20.2 Å². The lowest BCUT2D eigenvalue weighted by Gasteiger charge is -2.13. The van der Waals surface area contributed by atoms with Gasteiger partial charge in [-0.2, -0.15) is 0 Å². The first kappa shape index (κ1) is 21.3. The van der Waals surface area contributed by atoms with Crippen molar-refractivity contribution in [2.45, 2.75) is 26.4 Å². The van der Waals surface area contributed by atoms with Gasteiger partial charge in [-0.25, -0.2) is 9.38 Å². The second-order valence-corrected chi connectivity index (χ2v) is 6.90. The van der Waals surface area contributed by atoms with Crippen LogP contribution in [-0.2, 0) is 26.6 Å². The van der Waals surface area contributed by atoms with E-state index in [1.807, 2.05) is 48.9 Å². The van der Waals surface area contributed by atoms with Crippen molar-refractivity contribution >= 4 is 5.96 Å². The second-order valence-electron chi connectivity index (χ2n) is 6.90. The van der Waals surface area contributed by atoms with Crippen LogP contribution in [-0.4, -0.2) is 34.4 Å². The van der Waals surface area contributed by atoms with E-state index >= 15 is 0 Å². The maximum Gasteiger partial charge on any atom is 0.191 e. The zero-order chi connectivity index (χ0) is 21.3. The molecule has 0 aliphatic rings. The Labute approximate surface area is 176 Å². The third kappa shape index (κ3) is 6.04. The summed E-state index contributed by atoms with van der Waals surface area (Å²) in [7, 11) is 3.57. The number of hydrogen-bond donors (Lipinski definition) is 2. The van der Waals surface area contributed by atoms with Gasteiger partial charge in [-0.05, 0) is 48.7 Å². The van der Waals surface area contributed by atoms with Crippen molar-refractivity contribution in [1.29, 1.82) is 0 Å². The van der Waals surface area contributed by atoms with Crippen LogP contribution in [0.15, 0.2) is 53.5 Å². The molecule has 3 aromatic rings. The Kier molecular flexibility index (Phi) is 7.37. The highest BCUT2D eigenvalue weighted by atomic mass is 19.1. The molecule has 0 saturated heterocycles. The maximum atomic E-state index is 13.4. The van der Waals surface area contributed by atoms with E-state index in [1.54, 1.807) is 19.2 Å². The molecule has 0 saturated carbocycles. The van der Waals surface area contributed by atoms with Gasteiger partial charge in [0.15, 0.2) is 11.8 Å². The summed E-state index contributed by atoms with van der Waals surface area (Å²) in [5.74, 6) is 2.91. The van der Waals surface area contributed by atoms with Crippen LogP contribution in [0, 0.1) is 12.7 Å². The lowest BCUT2D eigenvalue weighted by Crippen LogP contribution is -2.38. The van der Waals surface area contributed by atoms with Crippen molar-refractivity contribution in [1.82, 2.24) is 25.4 Å². The predicted octanol–water partition coefficient (Wildman–Crippen LogP) is 2.75. The first-order valence-electron chi connectivity index (χ1n) is 9.79. The number of aryl methyl sites for hydroxylation is 1. The average molecular weight is 410 g/mol. The summed E-state index contributed by atoms with van der Waals surface area (Å²) in [5.41, 5.74) is 2.00. The molecule has 158 valence electrons. The van der Waals surface area contributed by atoms with Gasteiger partial charge in [-0.1, -0.05) is 24.3 Å². The van der Waals surface area contributed by atoms with Gasteiger partial charge in [-0.15, -0.1) is 10.2 Å². The molecule has 8 heteroatoms. The molecule has 0 amide bonds. The van der Waals surface area contributed by atoms with Crippen molar-refractivity contribution in [2.24, 2.45) is 12.0 Å². The first-order chi connectivity index (χ1) is 14.5. The van der Waals surface area contributed by atoms with Crippen molar-refractivity contribution in [3.8, 4) is 5.75 Å². The number of halogens is 1. The Balaban J connectivity index is 1.63. The fraction of sp³-hybridized carbons (Fsp3) is 0.318. The molecule has 1 heterocycles. The highest BCUT2D eigenvalue weighted by Gasteiger charge is 2.07. The van der Waals surface area contributed by atoms with E-state index in [0.29, 0.717) is 32.0 Å². The lowest BCUT2D eigenvalue weighted by atomic mass is 10.1.